The zero-order valence-corrected chi connectivity index (χ0v) is 15.1. The second-order valence-corrected chi connectivity index (χ2v) is 21.9. The lowest BCUT2D eigenvalue weighted by molar-refractivity contribution is 0.146. The van der Waals surface area contributed by atoms with E-state index < -0.39 is 12.0 Å². The standard InChI is InChI=1S/C6H10Cl6N2OSi2/c7-16(8,9)4-13-2-1-3-14(6(13)15)5-17(10,11)12/h1-5H2. The highest BCUT2D eigenvalue weighted by atomic mass is 35.8. The Kier molecular flexibility index (Phi) is 6.08. The summed E-state index contributed by atoms with van der Waals surface area (Å²) in [5.41, 5.74) is 0. The van der Waals surface area contributed by atoms with Gasteiger partial charge in [0.05, 0.1) is 12.3 Å². The van der Waals surface area contributed by atoms with E-state index in [0.29, 0.717) is 13.1 Å². The van der Waals surface area contributed by atoms with Crippen LogP contribution in [0.2, 0.25) is 0 Å². The molecule has 0 N–H and O–H groups in total. The number of hydrogen-bond acceptors (Lipinski definition) is 1. The number of rotatable bonds is 4. The molecule has 0 unspecified atom stereocenters. The summed E-state index contributed by atoms with van der Waals surface area (Å²) in [6, 6.07) is -5.95. The Balaban J connectivity index is 2.63. The molecule has 11 heteroatoms. The van der Waals surface area contributed by atoms with Crippen molar-refractivity contribution in [1.82, 2.24) is 9.80 Å². The minimum absolute atomic E-state index is 0.175. The van der Waals surface area contributed by atoms with E-state index in [4.69, 9.17) is 66.5 Å². The Morgan fingerprint density at radius 1 is 0.882 bits per heavy atom. The number of hydrogen-bond donors (Lipinski definition) is 0. The molecule has 0 radical (unpaired) electrons. The average Bonchev–Trinajstić information content (AvgIpc) is 2.07. The summed E-state index contributed by atoms with van der Waals surface area (Å²) in [4.78, 5) is 15.1. The van der Waals surface area contributed by atoms with Gasteiger partial charge in [0.2, 0.25) is 0 Å². The number of urea groups is 1. The van der Waals surface area contributed by atoms with Crippen molar-refractivity contribution in [2.75, 3.05) is 25.4 Å². The lowest BCUT2D eigenvalue weighted by Gasteiger charge is -2.37. The molecule has 0 aliphatic carbocycles. The van der Waals surface area contributed by atoms with Crippen LogP contribution in [0.3, 0.4) is 0 Å². The zero-order chi connectivity index (χ0) is 13.3. The fourth-order valence-electron chi connectivity index (χ4n) is 1.57. The van der Waals surface area contributed by atoms with E-state index in [9.17, 15) is 4.79 Å². The minimum Gasteiger partial charge on any atom is -0.324 e. The van der Waals surface area contributed by atoms with Gasteiger partial charge >= 0.3 is 18.0 Å². The maximum absolute atomic E-state index is 12.0. The number of nitrogens with zero attached hydrogens (tertiary/aromatic N) is 2. The lowest BCUT2D eigenvalue weighted by Crippen LogP contribution is -2.54. The van der Waals surface area contributed by atoms with Gasteiger partial charge in [-0.05, 0) is 6.42 Å². The summed E-state index contributed by atoms with van der Waals surface area (Å²) in [5.74, 6) is 0. The molecule has 1 heterocycles. The van der Waals surface area contributed by atoms with Crippen LogP contribution in [-0.2, 0) is 0 Å². The predicted molar refractivity (Wildman–Crippen MR) is 79.8 cm³/mol. The molecule has 1 aliphatic rings. The van der Waals surface area contributed by atoms with Crippen LogP contribution in [0.1, 0.15) is 6.42 Å². The smallest absolute Gasteiger partial charge is 0.324 e. The predicted octanol–water partition coefficient (Wildman–Crippen LogP) is 3.50. The summed E-state index contributed by atoms with van der Waals surface area (Å²) in [6.07, 6.45) is 1.14. The summed E-state index contributed by atoms with van der Waals surface area (Å²) in [5, 5.41) is 0. The molecule has 1 aliphatic heterocycles. The van der Waals surface area contributed by atoms with Crippen molar-refractivity contribution in [1.29, 1.82) is 0 Å². The molecule has 0 spiro atoms. The summed E-state index contributed by atoms with van der Waals surface area (Å²) in [7, 11) is 0. The van der Waals surface area contributed by atoms with Crippen LogP contribution in [0.15, 0.2) is 0 Å². The monoisotopic (exact) mass is 392 g/mol. The summed E-state index contributed by atoms with van der Waals surface area (Å²) >= 11 is 34.8. The second-order valence-electron chi connectivity index (χ2n) is 3.71. The van der Waals surface area contributed by atoms with Gasteiger partial charge in [-0.25, -0.2) is 4.79 Å². The number of halogens is 6. The Morgan fingerprint density at radius 2 is 1.24 bits per heavy atom. The van der Waals surface area contributed by atoms with Crippen LogP contribution in [-0.4, -0.2) is 53.3 Å². The van der Waals surface area contributed by atoms with Crippen molar-refractivity contribution in [2.45, 2.75) is 6.42 Å². The summed E-state index contributed by atoms with van der Waals surface area (Å²) in [6.45, 7) is 1.16. The second kappa shape index (κ2) is 6.26. The van der Waals surface area contributed by atoms with Gasteiger partial charge in [0, 0.05) is 13.1 Å². The fourth-order valence-corrected chi connectivity index (χ4v) is 5.62. The highest BCUT2D eigenvalue weighted by Gasteiger charge is 2.38. The van der Waals surface area contributed by atoms with Crippen molar-refractivity contribution < 1.29 is 4.79 Å². The molecule has 0 saturated carbocycles. The van der Waals surface area contributed by atoms with Crippen LogP contribution in [0.25, 0.3) is 0 Å². The van der Waals surface area contributed by atoms with Gasteiger partial charge in [-0.2, -0.15) is 0 Å². The van der Waals surface area contributed by atoms with Crippen molar-refractivity contribution in [3.05, 3.63) is 0 Å². The molecule has 1 saturated heterocycles. The minimum atomic E-state index is -2.87. The van der Waals surface area contributed by atoms with Crippen LogP contribution in [0.4, 0.5) is 4.79 Å². The van der Waals surface area contributed by atoms with Crippen LogP contribution < -0.4 is 0 Å². The van der Waals surface area contributed by atoms with Crippen LogP contribution >= 0.6 is 66.5 Å². The van der Waals surface area contributed by atoms with Crippen molar-refractivity contribution >= 4 is 84.5 Å². The molecular formula is C6H10Cl6N2OSi2. The maximum Gasteiger partial charge on any atom is 0.359 e. The van der Waals surface area contributed by atoms with Crippen LogP contribution in [0, 0.1) is 0 Å². The Bertz CT molecular complexity index is 267. The third-order valence-electron chi connectivity index (χ3n) is 2.14. The number of amides is 2. The Morgan fingerprint density at radius 3 is 1.53 bits per heavy atom. The molecule has 1 rings (SSSR count). The molecule has 0 aromatic rings. The van der Waals surface area contributed by atoms with Gasteiger partial charge in [0.15, 0.2) is 0 Å². The van der Waals surface area contributed by atoms with E-state index in [1.54, 1.807) is 0 Å². The van der Waals surface area contributed by atoms with Crippen molar-refractivity contribution in [3.63, 3.8) is 0 Å². The number of carbonyl (C=O) groups is 1. The lowest BCUT2D eigenvalue weighted by atomic mass is 10.3. The molecular weight excluding hydrogens is 385 g/mol. The molecule has 0 bridgehead atoms. The Labute approximate surface area is 130 Å². The largest absolute Gasteiger partial charge is 0.359 e. The quantitative estimate of drug-likeness (QED) is 0.528. The number of carbonyl (C=O) groups excluding carboxylic acids is 1. The van der Waals surface area contributed by atoms with E-state index in [-0.39, 0.29) is 18.4 Å². The molecule has 0 aromatic heterocycles. The first-order chi connectivity index (χ1) is 7.58. The SMILES string of the molecule is O=C1N(C[Si](Cl)(Cl)Cl)CCCN1C[Si](Cl)(Cl)Cl. The van der Waals surface area contributed by atoms with Gasteiger partial charge in [0.25, 0.3) is 0 Å². The maximum atomic E-state index is 12.0. The molecule has 2 amide bonds. The molecule has 100 valence electrons. The third-order valence-corrected chi connectivity index (χ3v) is 5.77. The zero-order valence-electron chi connectivity index (χ0n) is 8.61. The van der Waals surface area contributed by atoms with Crippen molar-refractivity contribution in [2.24, 2.45) is 0 Å². The van der Waals surface area contributed by atoms with Gasteiger partial charge in [-0.15, -0.1) is 66.5 Å². The van der Waals surface area contributed by atoms with Gasteiger partial charge in [-0.3, -0.25) is 0 Å². The first-order valence-corrected chi connectivity index (χ1v) is 15.2. The van der Waals surface area contributed by atoms with Gasteiger partial charge < -0.3 is 9.80 Å². The summed E-state index contributed by atoms with van der Waals surface area (Å²) < 4.78 is 0. The van der Waals surface area contributed by atoms with Gasteiger partial charge in [-0.1, -0.05) is 0 Å². The van der Waals surface area contributed by atoms with E-state index in [1.165, 1.54) is 9.80 Å². The molecule has 3 nitrogen and oxygen atoms in total. The average molecular weight is 395 g/mol. The Hall–Kier alpha value is 1.44. The van der Waals surface area contributed by atoms with E-state index >= 15 is 0 Å². The first kappa shape index (κ1) is 16.5. The first-order valence-electron chi connectivity index (χ1n) is 4.76. The third kappa shape index (κ3) is 6.43. The fraction of sp³-hybridized carbons (Fsp3) is 0.833. The van der Waals surface area contributed by atoms with E-state index in [2.05, 4.69) is 0 Å². The van der Waals surface area contributed by atoms with Crippen molar-refractivity contribution in [3.8, 4) is 0 Å². The van der Waals surface area contributed by atoms with Gasteiger partial charge in [0.1, 0.15) is 0 Å². The molecule has 0 atom stereocenters. The van der Waals surface area contributed by atoms with Crippen LogP contribution in [0.5, 0.6) is 0 Å². The molecule has 0 aromatic carbocycles. The highest BCUT2D eigenvalue weighted by molar-refractivity contribution is 7.65. The highest BCUT2D eigenvalue weighted by Crippen LogP contribution is 2.26. The van der Waals surface area contributed by atoms with E-state index in [0.717, 1.165) is 6.42 Å². The normalized spacial score (nSPS) is 18.8. The van der Waals surface area contributed by atoms with E-state index in [1.807, 2.05) is 0 Å². The molecule has 1 fully saturated rings. The topological polar surface area (TPSA) is 23.6 Å². The molecule has 17 heavy (non-hydrogen) atoms.